The summed E-state index contributed by atoms with van der Waals surface area (Å²) in [5.74, 6) is 0. The third kappa shape index (κ3) is 1.77. The Morgan fingerprint density at radius 3 is 3.08 bits per heavy atom. The Balaban J connectivity index is 0.000000720. The number of nitrogens with two attached hydrogens (primary N) is 2. The van der Waals surface area contributed by atoms with Crippen molar-refractivity contribution in [3.63, 3.8) is 0 Å². The van der Waals surface area contributed by atoms with Crippen molar-refractivity contribution in [3.05, 3.63) is 22.8 Å². The highest BCUT2D eigenvalue weighted by Crippen LogP contribution is 2.33. The third-order valence-corrected chi connectivity index (χ3v) is 2.93. The minimum atomic E-state index is 0. The predicted molar refractivity (Wildman–Crippen MR) is 54.7 cm³/mol. The van der Waals surface area contributed by atoms with Gasteiger partial charge in [-0.1, -0.05) is 17.8 Å². The van der Waals surface area contributed by atoms with Gasteiger partial charge >= 0.3 is 0 Å². The van der Waals surface area contributed by atoms with Crippen LogP contribution in [0.5, 0.6) is 0 Å². The summed E-state index contributed by atoms with van der Waals surface area (Å²) in [4.78, 5) is 1.28. The molecule has 0 bridgehead atoms. The van der Waals surface area contributed by atoms with Crippen LogP contribution in [0.1, 0.15) is 6.42 Å². The molecule has 68 valence electrons. The first-order valence-electron chi connectivity index (χ1n) is 3.61. The number of nitrogens with one attached hydrogen (secondary N) is 1. The van der Waals surface area contributed by atoms with Crippen LogP contribution < -0.4 is 16.8 Å². The average Bonchev–Trinajstić information content (AvgIpc) is 2.27. The molecule has 0 radical (unpaired) electrons. The smallest absolute Gasteiger partial charge is 0.108 e. The molecule has 12 heavy (non-hydrogen) atoms. The molecule has 0 spiro atoms. The van der Waals surface area contributed by atoms with Gasteiger partial charge in [0.2, 0.25) is 0 Å². The minimum Gasteiger partial charge on any atom is -0.399 e. The lowest BCUT2D eigenvalue weighted by Crippen LogP contribution is -2.35. The summed E-state index contributed by atoms with van der Waals surface area (Å²) in [6.07, 6.45) is 5.00. The summed E-state index contributed by atoms with van der Waals surface area (Å²) < 4.78 is 0. The van der Waals surface area contributed by atoms with Gasteiger partial charge in [0.15, 0.2) is 0 Å². The molecule has 0 aromatic rings. The zero-order chi connectivity index (χ0) is 7.84. The molecule has 1 aliphatic heterocycles. The molecule has 0 saturated carbocycles. The lowest BCUT2D eigenvalue weighted by molar-refractivity contribution is 0.596. The molecule has 1 heterocycles. The van der Waals surface area contributed by atoms with E-state index in [-0.39, 0.29) is 17.9 Å². The summed E-state index contributed by atoms with van der Waals surface area (Å²) in [5, 5.41) is 3.25. The number of hydrogen-bond acceptors (Lipinski definition) is 4. The van der Waals surface area contributed by atoms with Gasteiger partial charge in [0.1, 0.15) is 5.50 Å². The molecule has 2 unspecified atom stereocenters. The van der Waals surface area contributed by atoms with Crippen molar-refractivity contribution in [3.8, 4) is 0 Å². The molecule has 0 aromatic carbocycles. The predicted octanol–water partition coefficient (Wildman–Crippen LogP) is 0.486. The van der Waals surface area contributed by atoms with Crippen LogP contribution in [0.15, 0.2) is 22.8 Å². The molecule has 1 fully saturated rings. The van der Waals surface area contributed by atoms with Crippen LogP contribution >= 0.6 is 24.2 Å². The first-order valence-corrected chi connectivity index (χ1v) is 4.49. The minimum absolute atomic E-state index is 0. The van der Waals surface area contributed by atoms with Gasteiger partial charge in [0.05, 0.1) is 0 Å². The lowest BCUT2D eigenvalue weighted by Gasteiger charge is -2.13. The highest BCUT2D eigenvalue weighted by atomic mass is 35.5. The summed E-state index contributed by atoms with van der Waals surface area (Å²) in [5.41, 5.74) is 12.2. The summed E-state index contributed by atoms with van der Waals surface area (Å²) >= 11 is 1.66. The quantitative estimate of drug-likeness (QED) is 0.539. The molecular formula is C7H12ClN3S. The van der Waals surface area contributed by atoms with E-state index in [1.165, 1.54) is 4.91 Å². The standard InChI is InChI=1S/C7H11N3S.ClH/c8-4-1-2-5-6(3-4)11-7(9)10-5;/h1,3,5,7,10H,2,8-9H2;1H. The van der Waals surface area contributed by atoms with Crippen molar-refractivity contribution in [2.75, 3.05) is 0 Å². The van der Waals surface area contributed by atoms with Crippen LogP contribution in [-0.2, 0) is 0 Å². The zero-order valence-electron chi connectivity index (χ0n) is 6.49. The van der Waals surface area contributed by atoms with Crippen LogP contribution in [0.25, 0.3) is 0 Å². The van der Waals surface area contributed by atoms with Gasteiger partial charge in [-0.15, -0.1) is 12.4 Å². The van der Waals surface area contributed by atoms with Crippen molar-refractivity contribution in [1.29, 1.82) is 0 Å². The normalized spacial score (nSPS) is 33.1. The van der Waals surface area contributed by atoms with E-state index in [1.807, 2.05) is 12.2 Å². The number of halogens is 1. The van der Waals surface area contributed by atoms with Gasteiger partial charge in [0, 0.05) is 16.6 Å². The number of rotatable bonds is 0. The van der Waals surface area contributed by atoms with Gasteiger partial charge in [-0.25, -0.2) is 0 Å². The highest BCUT2D eigenvalue weighted by molar-refractivity contribution is 8.03. The maximum Gasteiger partial charge on any atom is 0.108 e. The molecule has 2 rings (SSSR count). The molecule has 0 amide bonds. The molecule has 3 nitrogen and oxygen atoms in total. The summed E-state index contributed by atoms with van der Waals surface area (Å²) in [7, 11) is 0. The molecule has 1 aliphatic carbocycles. The molecule has 5 N–H and O–H groups in total. The monoisotopic (exact) mass is 205 g/mol. The van der Waals surface area contributed by atoms with Gasteiger partial charge in [0.25, 0.3) is 0 Å². The van der Waals surface area contributed by atoms with Crippen LogP contribution in [0, 0.1) is 0 Å². The second-order valence-electron chi connectivity index (χ2n) is 2.74. The van der Waals surface area contributed by atoms with Crippen LogP contribution in [0.3, 0.4) is 0 Å². The topological polar surface area (TPSA) is 64.1 Å². The second-order valence-corrected chi connectivity index (χ2v) is 3.96. The Hall–Kier alpha value is -0.160. The molecule has 2 atom stereocenters. The van der Waals surface area contributed by atoms with Gasteiger partial charge < -0.3 is 11.5 Å². The van der Waals surface area contributed by atoms with Crippen molar-refractivity contribution in [2.24, 2.45) is 11.5 Å². The Labute approximate surface area is 82.0 Å². The van der Waals surface area contributed by atoms with E-state index in [2.05, 4.69) is 5.32 Å². The highest BCUT2D eigenvalue weighted by Gasteiger charge is 2.27. The van der Waals surface area contributed by atoms with Crippen LogP contribution in [0.4, 0.5) is 0 Å². The third-order valence-electron chi connectivity index (χ3n) is 1.87. The fourth-order valence-electron chi connectivity index (χ4n) is 1.34. The molecular weight excluding hydrogens is 194 g/mol. The van der Waals surface area contributed by atoms with E-state index in [0.29, 0.717) is 6.04 Å². The Morgan fingerprint density at radius 1 is 1.58 bits per heavy atom. The van der Waals surface area contributed by atoms with E-state index in [4.69, 9.17) is 11.5 Å². The fourth-order valence-corrected chi connectivity index (χ4v) is 2.40. The van der Waals surface area contributed by atoms with Crippen molar-refractivity contribution < 1.29 is 0 Å². The maximum absolute atomic E-state index is 5.69. The second kappa shape index (κ2) is 3.70. The Morgan fingerprint density at radius 2 is 2.33 bits per heavy atom. The molecule has 1 saturated heterocycles. The number of thioether (sulfide) groups is 1. The lowest BCUT2D eigenvalue weighted by atomic mass is 10.1. The first-order chi connectivity index (χ1) is 5.25. The Kier molecular flexibility index (Phi) is 3.06. The molecule has 2 aliphatic rings. The van der Waals surface area contributed by atoms with E-state index in [1.54, 1.807) is 11.8 Å². The van der Waals surface area contributed by atoms with Gasteiger partial charge in [-0.3, -0.25) is 5.32 Å². The van der Waals surface area contributed by atoms with Crippen molar-refractivity contribution in [2.45, 2.75) is 18.0 Å². The number of hydrogen-bond donors (Lipinski definition) is 3. The SMILES string of the molecule is Cl.NC1=CCC2NC(N)SC2=C1. The Bertz CT molecular complexity index is 239. The first kappa shape index (κ1) is 9.92. The largest absolute Gasteiger partial charge is 0.399 e. The van der Waals surface area contributed by atoms with Crippen LogP contribution in [-0.4, -0.2) is 11.5 Å². The number of fused-ring (bicyclic) bond motifs is 1. The number of allylic oxidation sites excluding steroid dienone is 1. The zero-order valence-corrected chi connectivity index (χ0v) is 8.12. The molecule has 0 aromatic heterocycles. The maximum atomic E-state index is 5.69. The van der Waals surface area contributed by atoms with E-state index >= 15 is 0 Å². The van der Waals surface area contributed by atoms with E-state index < -0.39 is 0 Å². The average molecular weight is 206 g/mol. The summed E-state index contributed by atoms with van der Waals surface area (Å²) in [6, 6.07) is 0.419. The van der Waals surface area contributed by atoms with E-state index in [9.17, 15) is 0 Å². The van der Waals surface area contributed by atoms with Crippen molar-refractivity contribution >= 4 is 24.2 Å². The van der Waals surface area contributed by atoms with Crippen molar-refractivity contribution in [1.82, 2.24) is 5.32 Å². The fraction of sp³-hybridized carbons (Fsp3) is 0.429. The van der Waals surface area contributed by atoms with Gasteiger partial charge in [-0.2, -0.15) is 0 Å². The van der Waals surface area contributed by atoms with Gasteiger partial charge in [-0.05, 0) is 12.5 Å². The summed E-state index contributed by atoms with van der Waals surface area (Å²) in [6.45, 7) is 0. The van der Waals surface area contributed by atoms with Crippen LogP contribution in [0.2, 0.25) is 0 Å². The molecule has 5 heteroatoms. The van der Waals surface area contributed by atoms with E-state index in [0.717, 1.165) is 12.1 Å².